The van der Waals surface area contributed by atoms with E-state index in [4.69, 9.17) is 0 Å². The second-order valence-electron chi connectivity index (χ2n) is 4.54. The first-order valence-electron chi connectivity index (χ1n) is 6.57. The smallest absolute Gasteiger partial charge is 0.151 e. The lowest BCUT2D eigenvalue weighted by Gasteiger charge is -2.09. The van der Waals surface area contributed by atoms with Crippen LogP contribution in [0.3, 0.4) is 0 Å². The monoisotopic (exact) mass is 290 g/mol. The van der Waals surface area contributed by atoms with Gasteiger partial charge >= 0.3 is 0 Å². The molecule has 1 aromatic heterocycles. The Hall–Kier alpha value is -2.08. The molecule has 0 bridgehead atoms. The Balaban J connectivity index is 2.00. The zero-order valence-corrected chi connectivity index (χ0v) is 13.0. The number of rotatable bonds is 2. The van der Waals surface area contributed by atoms with E-state index >= 15 is 0 Å². The van der Waals surface area contributed by atoms with E-state index in [9.17, 15) is 0 Å². The molecule has 20 heavy (non-hydrogen) atoms. The maximum atomic E-state index is 3.55. The molecule has 2 aromatic carbocycles. The SMILES string of the molecule is C(#C[SiH](c1ccccc1)c1ccccc1)c1ccsc1. The van der Waals surface area contributed by atoms with Crippen LogP contribution in [0.4, 0.5) is 0 Å². The molecule has 0 aliphatic carbocycles. The topological polar surface area (TPSA) is 0 Å². The van der Waals surface area contributed by atoms with E-state index in [0.29, 0.717) is 0 Å². The van der Waals surface area contributed by atoms with Gasteiger partial charge in [-0.15, -0.1) is 5.54 Å². The van der Waals surface area contributed by atoms with Crippen LogP contribution < -0.4 is 10.4 Å². The summed E-state index contributed by atoms with van der Waals surface area (Å²) in [6, 6.07) is 23.4. The predicted octanol–water partition coefficient (Wildman–Crippen LogP) is 2.68. The van der Waals surface area contributed by atoms with Gasteiger partial charge in [-0.25, -0.2) is 0 Å². The van der Waals surface area contributed by atoms with Crippen molar-refractivity contribution in [1.82, 2.24) is 0 Å². The summed E-state index contributed by atoms with van der Waals surface area (Å²) in [5.74, 6) is 3.34. The van der Waals surface area contributed by atoms with Gasteiger partial charge in [0.15, 0.2) is 8.80 Å². The highest BCUT2D eigenvalue weighted by Crippen LogP contribution is 2.03. The Morgan fingerprint density at radius 2 is 1.35 bits per heavy atom. The predicted molar refractivity (Wildman–Crippen MR) is 90.5 cm³/mol. The van der Waals surface area contributed by atoms with E-state index in [2.05, 4.69) is 89.0 Å². The minimum Gasteiger partial charge on any atom is -0.151 e. The van der Waals surface area contributed by atoms with Gasteiger partial charge in [0, 0.05) is 10.9 Å². The highest BCUT2D eigenvalue weighted by Gasteiger charge is 2.12. The van der Waals surface area contributed by atoms with Gasteiger partial charge in [0.1, 0.15) is 0 Å². The van der Waals surface area contributed by atoms with Gasteiger partial charge in [0.25, 0.3) is 0 Å². The van der Waals surface area contributed by atoms with Gasteiger partial charge in [-0.1, -0.05) is 66.6 Å². The fraction of sp³-hybridized carbons (Fsp3) is 0. The average molecular weight is 290 g/mol. The van der Waals surface area contributed by atoms with Gasteiger partial charge in [-0.3, -0.25) is 0 Å². The third kappa shape index (κ3) is 3.08. The zero-order chi connectivity index (χ0) is 13.6. The van der Waals surface area contributed by atoms with Crippen molar-refractivity contribution in [3.05, 3.63) is 83.1 Å². The third-order valence-electron chi connectivity index (χ3n) is 3.15. The molecule has 0 N–H and O–H groups in total. The maximum Gasteiger partial charge on any atom is 0.184 e. The van der Waals surface area contributed by atoms with Crippen LogP contribution in [0.15, 0.2) is 77.5 Å². The second kappa shape index (κ2) is 6.38. The molecule has 96 valence electrons. The molecule has 0 saturated heterocycles. The summed E-state index contributed by atoms with van der Waals surface area (Å²) in [5, 5.41) is 6.93. The van der Waals surface area contributed by atoms with Crippen LogP contribution in [0, 0.1) is 11.5 Å². The van der Waals surface area contributed by atoms with Gasteiger partial charge < -0.3 is 0 Å². The molecule has 1 heterocycles. The van der Waals surface area contributed by atoms with Crippen molar-refractivity contribution in [2.24, 2.45) is 0 Å². The van der Waals surface area contributed by atoms with Crippen LogP contribution in [0.1, 0.15) is 5.56 Å². The number of thiophene rings is 1. The Kier molecular flexibility index (Phi) is 4.12. The Morgan fingerprint density at radius 3 is 1.85 bits per heavy atom. The van der Waals surface area contributed by atoms with Crippen LogP contribution in [-0.4, -0.2) is 8.80 Å². The first-order valence-corrected chi connectivity index (χ1v) is 9.24. The van der Waals surface area contributed by atoms with Crippen molar-refractivity contribution in [3.63, 3.8) is 0 Å². The molecule has 3 aromatic rings. The molecule has 0 aliphatic rings. The summed E-state index contributed by atoms with van der Waals surface area (Å²) in [5.41, 5.74) is 4.67. The summed E-state index contributed by atoms with van der Waals surface area (Å²) >= 11 is 1.70. The average Bonchev–Trinajstić information content (AvgIpc) is 3.03. The standard InChI is InChI=1S/C18H14SSi/c1-3-7-17(8-4-1)20(18-9-5-2-6-10-18)14-12-16-11-13-19-15-16/h1-11,13,15,20H. The van der Waals surface area contributed by atoms with Crippen molar-refractivity contribution < 1.29 is 0 Å². The zero-order valence-electron chi connectivity index (χ0n) is 11.0. The lowest BCUT2D eigenvalue weighted by Crippen LogP contribution is -2.41. The molecule has 0 amide bonds. The summed E-state index contributed by atoms with van der Waals surface area (Å²) in [7, 11) is -1.45. The molecule has 0 spiro atoms. The normalized spacial score (nSPS) is 10.1. The van der Waals surface area contributed by atoms with Gasteiger partial charge in [0.05, 0.1) is 0 Å². The van der Waals surface area contributed by atoms with Crippen LogP contribution >= 0.6 is 11.3 Å². The minimum absolute atomic E-state index is 1.12. The third-order valence-corrected chi connectivity index (χ3v) is 6.37. The Labute approximate surface area is 125 Å². The van der Waals surface area contributed by atoms with E-state index in [1.54, 1.807) is 11.3 Å². The minimum atomic E-state index is -1.45. The van der Waals surface area contributed by atoms with Crippen LogP contribution in [0.5, 0.6) is 0 Å². The van der Waals surface area contributed by atoms with Crippen LogP contribution in [0.25, 0.3) is 0 Å². The summed E-state index contributed by atoms with van der Waals surface area (Å²) in [6.45, 7) is 0. The van der Waals surface area contributed by atoms with E-state index in [-0.39, 0.29) is 0 Å². The first-order chi connectivity index (χ1) is 9.93. The lowest BCUT2D eigenvalue weighted by molar-refractivity contribution is 1.74. The van der Waals surface area contributed by atoms with Crippen molar-refractivity contribution in [1.29, 1.82) is 0 Å². The van der Waals surface area contributed by atoms with Crippen molar-refractivity contribution in [2.45, 2.75) is 0 Å². The summed E-state index contributed by atoms with van der Waals surface area (Å²) in [4.78, 5) is 0. The Bertz CT molecular complexity index is 667. The summed E-state index contributed by atoms with van der Waals surface area (Å²) in [6.07, 6.45) is 0. The van der Waals surface area contributed by atoms with Gasteiger partial charge in [-0.2, -0.15) is 11.3 Å². The quantitative estimate of drug-likeness (QED) is 0.503. The molecule has 0 unspecified atom stereocenters. The lowest BCUT2D eigenvalue weighted by atomic mass is 10.4. The van der Waals surface area contributed by atoms with Gasteiger partial charge in [-0.05, 0) is 21.8 Å². The van der Waals surface area contributed by atoms with Gasteiger partial charge in [0.2, 0.25) is 0 Å². The van der Waals surface area contributed by atoms with Crippen molar-refractivity contribution in [2.75, 3.05) is 0 Å². The van der Waals surface area contributed by atoms with E-state index in [1.165, 1.54) is 10.4 Å². The van der Waals surface area contributed by atoms with E-state index < -0.39 is 8.80 Å². The van der Waals surface area contributed by atoms with Crippen LogP contribution in [0.2, 0.25) is 0 Å². The van der Waals surface area contributed by atoms with Crippen molar-refractivity contribution >= 4 is 30.5 Å². The highest BCUT2D eigenvalue weighted by molar-refractivity contribution is 7.08. The molecule has 2 heteroatoms. The number of hydrogen-bond donors (Lipinski definition) is 0. The molecular weight excluding hydrogens is 276 g/mol. The number of hydrogen-bond acceptors (Lipinski definition) is 1. The molecule has 0 atom stereocenters. The first kappa shape index (κ1) is 12.9. The van der Waals surface area contributed by atoms with E-state index in [0.717, 1.165) is 5.56 Å². The van der Waals surface area contributed by atoms with E-state index in [1.807, 2.05) is 0 Å². The largest absolute Gasteiger partial charge is 0.184 e. The molecule has 0 nitrogen and oxygen atoms in total. The summed E-state index contributed by atoms with van der Waals surface area (Å²) < 4.78 is 0. The molecule has 3 rings (SSSR count). The molecule has 0 radical (unpaired) electrons. The Morgan fingerprint density at radius 1 is 0.750 bits per heavy atom. The molecule has 0 aliphatic heterocycles. The maximum absolute atomic E-state index is 3.55. The fourth-order valence-corrected chi connectivity index (χ4v) is 4.97. The molecule has 0 saturated carbocycles. The second-order valence-corrected chi connectivity index (χ2v) is 7.80. The van der Waals surface area contributed by atoms with Crippen LogP contribution in [-0.2, 0) is 0 Å². The fourth-order valence-electron chi connectivity index (χ4n) is 2.14. The van der Waals surface area contributed by atoms with Crippen molar-refractivity contribution in [3.8, 4) is 11.5 Å². The highest BCUT2D eigenvalue weighted by atomic mass is 32.1. The number of benzene rings is 2. The molecule has 0 fully saturated rings. The molecular formula is C18H14SSi.